The molecular formula is C13H25N5O2. The Kier molecular flexibility index (Phi) is 5.33. The lowest BCUT2D eigenvalue weighted by Crippen LogP contribution is -2.56. The SMILES string of the molecule is CN1CCN(C)C(CNC(=O)C(=O)N2CCNCC2)C1. The predicted octanol–water partition coefficient (Wildman–Crippen LogP) is -2.22. The number of carbonyl (C=O) groups excluding carboxylic acids is 2. The largest absolute Gasteiger partial charge is 0.346 e. The standard InChI is InChI=1S/C13H25N5O2/c1-16-7-8-17(2)11(10-16)9-15-12(19)13(20)18-5-3-14-4-6-18/h11,14H,3-10H2,1-2H3,(H,15,19). The van der Waals surface area contributed by atoms with E-state index in [1.165, 1.54) is 0 Å². The van der Waals surface area contributed by atoms with E-state index in [-0.39, 0.29) is 6.04 Å². The zero-order chi connectivity index (χ0) is 14.5. The molecule has 20 heavy (non-hydrogen) atoms. The Labute approximate surface area is 120 Å². The van der Waals surface area contributed by atoms with Gasteiger partial charge in [-0.1, -0.05) is 0 Å². The van der Waals surface area contributed by atoms with E-state index in [9.17, 15) is 9.59 Å². The van der Waals surface area contributed by atoms with Crippen LogP contribution >= 0.6 is 0 Å². The molecule has 2 heterocycles. The molecule has 0 radical (unpaired) electrons. The minimum atomic E-state index is -0.478. The second-order valence-corrected chi connectivity index (χ2v) is 5.65. The molecule has 1 unspecified atom stereocenters. The van der Waals surface area contributed by atoms with Crippen molar-refractivity contribution in [2.45, 2.75) is 6.04 Å². The van der Waals surface area contributed by atoms with Crippen molar-refractivity contribution in [2.75, 3.05) is 66.5 Å². The Hall–Kier alpha value is -1.18. The molecule has 2 aliphatic heterocycles. The molecule has 7 heteroatoms. The highest BCUT2D eigenvalue weighted by Crippen LogP contribution is 2.04. The summed E-state index contributed by atoms with van der Waals surface area (Å²) in [7, 11) is 4.13. The van der Waals surface area contributed by atoms with Crippen LogP contribution in [0.5, 0.6) is 0 Å². The number of piperazine rings is 2. The highest BCUT2D eigenvalue weighted by Gasteiger charge is 2.26. The molecular weight excluding hydrogens is 258 g/mol. The molecule has 114 valence electrons. The molecule has 0 saturated carbocycles. The zero-order valence-electron chi connectivity index (χ0n) is 12.4. The van der Waals surface area contributed by atoms with E-state index in [2.05, 4.69) is 34.5 Å². The maximum absolute atomic E-state index is 12.0. The fourth-order valence-electron chi connectivity index (χ4n) is 2.62. The smallest absolute Gasteiger partial charge is 0.311 e. The number of hydrogen-bond acceptors (Lipinski definition) is 5. The number of amides is 2. The Bertz CT molecular complexity index is 357. The van der Waals surface area contributed by atoms with Crippen molar-refractivity contribution in [1.29, 1.82) is 0 Å². The number of carbonyl (C=O) groups is 2. The minimum Gasteiger partial charge on any atom is -0.346 e. The Balaban J connectivity index is 1.77. The van der Waals surface area contributed by atoms with Crippen LogP contribution in [0.3, 0.4) is 0 Å². The molecule has 2 fully saturated rings. The Morgan fingerprint density at radius 3 is 2.55 bits per heavy atom. The first-order chi connectivity index (χ1) is 9.58. The van der Waals surface area contributed by atoms with E-state index in [1.807, 2.05) is 0 Å². The van der Waals surface area contributed by atoms with Crippen molar-refractivity contribution in [3.05, 3.63) is 0 Å². The van der Waals surface area contributed by atoms with Gasteiger partial charge in [0.25, 0.3) is 0 Å². The number of nitrogens with zero attached hydrogens (tertiary/aromatic N) is 3. The summed E-state index contributed by atoms with van der Waals surface area (Å²) in [6, 6.07) is 0.272. The van der Waals surface area contributed by atoms with Crippen molar-refractivity contribution < 1.29 is 9.59 Å². The van der Waals surface area contributed by atoms with Crippen LogP contribution in [0.2, 0.25) is 0 Å². The number of hydrogen-bond donors (Lipinski definition) is 2. The summed E-state index contributed by atoms with van der Waals surface area (Å²) in [5.41, 5.74) is 0. The predicted molar refractivity (Wildman–Crippen MR) is 76.4 cm³/mol. The van der Waals surface area contributed by atoms with E-state index in [1.54, 1.807) is 4.90 Å². The third kappa shape index (κ3) is 3.91. The molecule has 2 amide bonds. The Morgan fingerprint density at radius 2 is 1.85 bits per heavy atom. The molecule has 0 bridgehead atoms. The van der Waals surface area contributed by atoms with Crippen molar-refractivity contribution >= 4 is 11.8 Å². The monoisotopic (exact) mass is 283 g/mol. The van der Waals surface area contributed by atoms with E-state index >= 15 is 0 Å². The van der Waals surface area contributed by atoms with Gasteiger partial charge in [0.1, 0.15) is 0 Å². The molecule has 0 aromatic carbocycles. The van der Waals surface area contributed by atoms with Crippen LogP contribution in [-0.2, 0) is 9.59 Å². The van der Waals surface area contributed by atoms with Crippen molar-refractivity contribution in [3.63, 3.8) is 0 Å². The van der Waals surface area contributed by atoms with Gasteiger partial charge in [-0.05, 0) is 14.1 Å². The summed E-state index contributed by atoms with van der Waals surface area (Å²) in [4.78, 5) is 30.0. The van der Waals surface area contributed by atoms with Crippen molar-refractivity contribution in [1.82, 2.24) is 25.3 Å². The topological polar surface area (TPSA) is 67.9 Å². The summed E-state index contributed by atoms with van der Waals surface area (Å²) < 4.78 is 0. The summed E-state index contributed by atoms with van der Waals surface area (Å²) in [5, 5.41) is 5.95. The van der Waals surface area contributed by atoms with Crippen LogP contribution in [0, 0.1) is 0 Å². The highest BCUT2D eigenvalue weighted by molar-refractivity contribution is 6.35. The molecule has 2 saturated heterocycles. The average molecular weight is 283 g/mol. The normalized spacial score (nSPS) is 25.5. The first-order valence-corrected chi connectivity index (χ1v) is 7.24. The summed E-state index contributed by atoms with van der Waals surface area (Å²) in [6.45, 7) is 6.21. The molecule has 0 aliphatic carbocycles. The van der Waals surface area contributed by atoms with Gasteiger partial charge in [-0.15, -0.1) is 0 Å². The summed E-state index contributed by atoms with van der Waals surface area (Å²) in [6.07, 6.45) is 0. The molecule has 2 aliphatic rings. The zero-order valence-corrected chi connectivity index (χ0v) is 12.4. The van der Waals surface area contributed by atoms with Crippen LogP contribution in [0.4, 0.5) is 0 Å². The fraction of sp³-hybridized carbons (Fsp3) is 0.846. The summed E-state index contributed by atoms with van der Waals surface area (Å²) >= 11 is 0. The van der Waals surface area contributed by atoms with Crippen LogP contribution in [0.15, 0.2) is 0 Å². The maximum atomic E-state index is 12.0. The van der Waals surface area contributed by atoms with E-state index in [0.717, 1.165) is 32.7 Å². The lowest BCUT2D eigenvalue weighted by atomic mass is 10.2. The fourth-order valence-corrected chi connectivity index (χ4v) is 2.62. The van der Waals surface area contributed by atoms with Gasteiger partial charge in [-0.25, -0.2) is 0 Å². The third-order valence-corrected chi connectivity index (χ3v) is 4.08. The molecule has 0 aromatic heterocycles. The number of nitrogens with one attached hydrogen (secondary N) is 2. The van der Waals surface area contributed by atoms with Gasteiger partial charge in [0, 0.05) is 58.4 Å². The first kappa shape index (κ1) is 15.2. The molecule has 1 atom stereocenters. The minimum absolute atomic E-state index is 0.272. The third-order valence-electron chi connectivity index (χ3n) is 4.08. The second-order valence-electron chi connectivity index (χ2n) is 5.65. The van der Waals surface area contributed by atoms with E-state index < -0.39 is 11.8 Å². The molecule has 2 N–H and O–H groups in total. The molecule has 0 aromatic rings. The van der Waals surface area contributed by atoms with Gasteiger partial charge in [0.05, 0.1) is 0 Å². The van der Waals surface area contributed by atoms with Gasteiger partial charge in [-0.2, -0.15) is 0 Å². The van der Waals surface area contributed by atoms with Gasteiger partial charge in [0.2, 0.25) is 0 Å². The molecule has 0 spiro atoms. The average Bonchev–Trinajstić information content (AvgIpc) is 2.48. The number of rotatable bonds is 2. The molecule has 7 nitrogen and oxygen atoms in total. The van der Waals surface area contributed by atoms with Crippen LogP contribution in [0.25, 0.3) is 0 Å². The van der Waals surface area contributed by atoms with Gasteiger partial charge < -0.3 is 20.4 Å². The lowest BCUT2D eigenvalue weighted by Gasteiger charge is -2.37. The quantitative estimate of drug-likeness (QED) is 0.562. The number of likely N-dealkylation sites (N-methyl/N-ethyl adjacent to an activating group) is 2. The van der Waals surface area contributed by atoms with Gasteiger partial charge in [0.15, 0.2) is 0 Å². The van der Waals surface area contributed by atoms with Crippen LogP contribution in [-0.4, -0.2) is 99.0 Å². The van der Waals surface area contributed by atoms with Crippen molar-refractivity contribution in [3.8, 4) is 0 Å². The van der Waals surface area contributed by atoms with Crippen LogP contribution < -0.4 is 10.6 Å². The maximum Gasteiger partial charge on any atom is 0.311 e. The summed E-state index contributed by atoms with van der Waals surface area (Å²) in [5.74, 6) is -0.883. The molecule has 2 rings (SSSR count). The van der Waals surface area contributed by atoms with Crippen LogP contribution in [0.1, 0.15) is 0 Å². The van der Waals surface area contributed by atoms with Gasteiger partial charge in [-0.3, -0.25) is 14.5 Å². The highest BCUT2D eigenvalue weighted by atomic mass is 16.2. The van der Waals surface area contributed by atoms with E-state index in [4.69, 9.17) is 0 Å². The second kappa shape index (κ2) is 7.01. The Morgan fingerprint density at radius 1 is 1.15 bits per heavy atom. The van der Waals surface area contributed by atoms with Gasteiger partial charge >= 0.3 is 11.8 Å². The lowest BCUT2D eigenvalue weighted by molar-refractivity contribution is -0.146. The first-order valence-electron chi connectivity index (χ1n) is 7.24. The van der Waals surface area contributed by atoms with E-state index in [0.29, 0.717) is 19.6 Å². The van der Waals surface area contributed by atoms with Crippen molar-refractivity contribution in [2.24, 2.45) is 0 Å².